The lowest BCUT2D eigenvalue weighted by Crippen LogP contribution is -2.12. The van der Waals surface area contributed by atoms with Gasteiger partial charge in [-0.15, -0.1) is 0 Å². The van der Waals surface area contributed by atoms with E-state index in [1.807, 2.05) is 6.07 Å². The van der Waals surface area contributed by atoms with Gasteiger partial charge in [-0.1, -0.05) is 115 Å². The van der Waals surface area contributed by atoms with Crippen LogP contribution in [0, 0.1) is 20.8 Å². The summed E-state index contributed by atoms with van der Waals surface area (Å²) in [6, 6.07) is 63.5. The molecule has 0 atom stereocenters. The Kier molecular flexibility index (Phi) is 7.48. The number of aromatic nitrogens is 1. The molecule has 0 aliphatic heterocycles. The van der Waals surface area contributed by atoms with Crippen molar-refractivity contribution in [2.75, 3.05) is 4.90 Å². The summed E-state index contributed by atoms with van der Waals surface area (Å²) in [5.41, 5.74) is 16.9. The van der Waals surface area contributed by atoms with Crippen LogP contribution in [0.2, 0.25) is 0 Å². The molecule has 0 bridgehead atoms. The largest absolute Gasteiger partial charge is 0.455 e. The van der Waals surface area contributed by atoms with Crippen molar-refractivity contribution in [3.8, 4) is 27.9 Å². The van der Waals surface area contributed by atoms with Crippen LogP contribution in [0.5, 0.6) is 0 Å². The molecular weight excluding hydrogens is 657 g/mol. The number of fused-ring (bicyclic) bond motifs is 6. The number of furan rings is 1. The molecule has 0 saturated carbocycles. The number of aryl methyl sites for hydroxylation is 3. The number of hydrogen-bond donors (Lipinski definition) is 0. The second kappa shape index (κ2) is 12.7. The molecule has 3 nitrogen and oxygen atoms in total. The van der Waals surface area contributed by atoms with Crippen molar-refractivity contribution in [1.29, 1.82) is 0 Å². The fourth-order valence-corrected chi connectivity index (χ4v) is 8.24. The number of rotatable bonds is 6. The normalized spacial score (nSPS) is 11.6. The van der Waals surface area contributed by atoms with Gasteiger partial charge in [-0.25, -0.2) is 0 Å². The van der Waals surface area contributed by atoms with Crippen LogP contribution in [-0.2, 0) is 0 Å². The Morgan fingerprint density at radius 1 is 0.444 bits per heavy atom. The van der Waals surface area contributed by atoms with Gasteiger partial charge in [0.05, 0.1) is 11.0 Å². The predicted molar refractivity (Wildman–Crippen MR) is 228 cm³/mol. The molecule has 3 heteroatoms. The number of para-hydroxylation sites is 3. The monoisotopic (exact) mass is 694 g/mol. The smallest absolute Gasteiger partial charge is 0.143 e. The molecule has 2 aromatic heterocycles. The second-order valence-corrected chi connectivity index (χ2v) is 14.4. The minimum Gasteiger partial charge on any atom is -0.455 e. The molecule has 10 rings (SSSR count). The van der Waals surface area contributed by atoms with Crippen LogP contribution in [0.1, 0.15) is 16.7 Å². The molecule has 8 aromatic carbocycles. The van der Waals surface area contributed by atoms with Crippen molar-refractivity contribution in [1.82, 2.24) is 4.57 Å². The Hall–Kier alpha value is -6.84. The van der Waals surface area contributed by atoms with Crippen molar-refractivity contribution < 1.29 is 4.42 Å². The Morgan fingerprint density at radius 3 is 1.76 bits per heavy atom. The van der Waals surface area contributed by atoms with E-state index in [-0.39, 0.29) is 0 Å². The third-order valence-electron chi connectivity index (χ3n) is 10.9. The lowest BCUT2D eigenvalue weighted by Gasteiger charge is -2.29. The van der Waals surface area contributed by atoms with Crippen LogP contribution in [0.15, 0.2) is 180 Å². The van der Waals surface area contributed by atoms with Gasteiger partial charge >= 0.3 is 0 Å². The van der Waals surface area contributed by atoms with Gasteiger partial charge in [0.15, 0.2) is 0 Å². The van der Waals surface area contributed by atoms with Crippen LogP contribution >= 0.6 is 0 Å². The zero-order valence-corrected chi connectivity index (χ0v) is 30.5. The van der Waals surface area contributed by atoms with E-state index in [9.17, 15) is 0 Å². The van der Waals surface area contributed by atoms with Gasteiger partial charge in [-0.2, -0.15) is 0 Å². The Bertz CT molecular complexity index is 2950. The molecule has 0 aliphatic carbocycles. The highest BCUT2D eigenvalue weighted by molar-refractivity contribution is 6.12. The molecule has 0 N–H and O–H groups in total. The minimum absolute atomic E-state index is 0.883. The summed E-state index contributed by atoms with van der Waals surface area (Å²) in [4.78, 5) is 2.41. The zero-order valence-electron chi connectivity index (χ0n) is 30.5. The Labute approximate surface area is 315 Å². The van der Waals surface area contributed by atoms with Crippen molar-refractivity contribution in [3.05, 3.63) is 193 Å². The van der Waals surface area contributed by atoms with Crippen LogP contribution < -0.4 is 4.90 Å². The van der Waals surface area contributed by atoms with Gasteiger partial charge in [-0.05, 0) is 115 Å². The van der Waals surface area contributed by atoms with Gasteiger partial charge in [0, 0.05) is 49.9 Å². The van der Waals surface area contributed by atoms with E-state index in [1.165, 1.54) is 49.6 Å². The summed E-state index contributed by atoms with van der Waals surface area (Å²) in [7, 11) is 0. The molecule has 0 fully saturated rings. The van der Waals surface area contributed by atoms with Crippen LogP contribution in [0.3, 0.4) is 0 Å². The summed E-state index contributed by atoms with van der Waals surface area (Å²) in [6.45, 7) is 6.58. The quantitative estimate of drug-likeness (QED) is 0.173. The van der Waals surface area contributed by atoms with Crippen LogP contribution in [0.25, 0.3) is 71.7 Å². The number of hydrogen-bond acceptors (Lipinski definition) is 2. The maximum absolute atomic E-state index is 6.70. The summed E-state index contributed by atoms with van der Waals surface area (Å²) >= 11 is 0. The van der Waals surface area contributed by atoms with Crippen molar-refractivity contribution in [2.45, 2.75) is 20.8 Å². The van der Waals surface area contributed by atoms with Crippen LogP contribution in [0.4, 0.5) is 17.1 Å². The second-order valence-electron chi connectivity index (χ2n) is 14.4. The standard InChI is InChI=1S/C51H38N2O/c1-33-21-25-38(26-22-33)52(49-30-34(2)44(29-35(49)3)36-13-5-4-6-14-36)40-31-45(51-46(32-40)43-17-9-12-20-50(43)54-51)37-23-27-39(28-24-37)53-47-18-10-7-15-41(47)42-16-8-11-19-48(42)53/h4-32H,1-3H3. The minimum atomic E-state index is 0.883. The molecule has 0 unspecified atom stereocenters. The van der Waals surface area contributed by atoms with Crippen molar-refractivity contribution >= 4 is 60.8 Å². The lowest BCUT2D eigenvalue weighted by atomic mass is 9.95. The Morgan fingerprint density at radius 2 is 1.06 bits per heavy atom. The highest BCUT2D eigenvalue weighted by Crippen LogP contribution is 2.45. The third kappa shape index (κ3) is 5.20. The predicted octanol–water partition coefficient (Wildman–Crippen LogP) is 14.4. The van der Waals surface area contributed by atoms with Gasteiger partial charge in [0.25, 0.3) is 0 Å². The van der Waals surface area contributed by atoms with E-state index in [0.29, 0.717) is 0 Å². The molecule has 0 aliphatic rings. The van der Waals surface area contributed by atoms with E-state index < -0.39 is 0 Å². The van der Waals surface area contributed by atoms with Crippen molar-refractivity contribution in [2.24, 2.45) is 0 Å². The first-order valence-corrected chi connectivity index (χ1v) is 18.6. The molecule has 2 heterocycles. The Balaban J connectivity index is 1.18. The molecular formula is C51H38N2O. The SMILES string of the molecule is Cc1ccc(N(c2cc(-c3ccc(-n4c5ccccc5c5ccccc54)cc3)c3oc4ccccc4c3c2)c2cc(C)c(-c3ccccc3)cc2C)cc1. The maximum Gasteiger partial charge on any atom is 0.143 e. The summed E-state index contributed by atoms with van der Waals surface area (Å²) in [5.74, 6) is 0. The van der Waals surface area contributed by atoms with E-state index >= 15 is 0 Å². The van der Waals surface area contributed by atoms with Gasteiger partial charge in [0.1, 0.15) is 11.2 Å². The number of anilines is 3. The fourth-order valence-electron chi connectivity index (χ4n) is 8.24. The van der Waals surface area contributed by atoms with E-state index in [1.54, 1.807) is 0 Å². The average Bonchev–Trinajstić information content (AvgIpc) is 3.76. The third-order valence-corrected chi connectivity index (χ3v) is 10.9. The summed E-state index contributed by atoms with van der Waals surface area (Å²) < 4.78 is 9.07. The zero-order chi connectivity index (χ0) is 36.3. The van der Waals surface area contributed by atoms with Crippen LogP contribution in [-0.4, -0.2) is 4.57 Å². The summed E-state index contributed by atoms with van der Waals surface area (Å²) in [6.07, 6.45) is 0. The molecule has 258 valence electrons. The van der Waals surface area contributed by atoms with E-state index in [2.05, 4.69) is 200 Å². The maximum atomic E-state index is 6.70. The fraction of sp³-hybridized carbons (Fsp3) is 0.0588. The summed E-state index contributed by atoms with van der Waals surface area (Å²) in [5, 5.41) is 4.71. The van der Waals surface area contributed by atoms with E-state index in [4.69, 9.17) is 4.42 Å². The molecule has 0 spiro atoms. The molecule has 0 amide bonds. The first kappa shape index (κ1) is 31.9. The highest BCUT2D eigenvalue weighted by atomic mass is 16.3. The van der Waals surface area contributed by atoms with Gasteiger partial charge < -0.3 is 13.9 Å². The molecule has 0 radical (unpaired) electrons. The molecule has 10 aromatic rings. The van der Waals surface area contributed by atoms with Gasteiger partial charge in [-0.3, -0.25) is 0 Å². The van der Waals surface area contributed by atoms with Crippen molar-refractivity contribution in [3.63, 3.8) is 0 Å². The molecule has 0 saturated heterocycles. The topological polar surface area (TPSA) is 21.3 Å². The average molecular weight is 695 g/mol. The van der Waals surface area contributed by atoms with Gasteiger partial charge in [0.2, 0.25) is 0 Å². The molecule has 54 heavy (non-hydrogen) atoms. The number of benzene rings is 8. The first-order valence-electron chi connectivity index (χ1n) is 18.6. The highest BCUT2D eigenvalue weighted by Gasteiger charge is 2.22. The van der Waals surface area contributed by atoms with E-state index in [0.717, 1.165) is 55.8 Å². The first-order chi connectivity index (χ1) is 26.5. The number of nitrogens with zero attached hydrogens (tertiary/aromatic N) is 2. The lowest BCUT2D eigenvalue weighted by molar-refractivity contribution is 0.670.